The Morgan fingerprint density at radius 2 is 2.15 bits per heavy atom. The Labute approximate surface area is 116 Å². The quantitative estimate of drug-likeness (QED) is 0.558. The van der Waals surface area contributed by atoms with Crippen molar-refractivity contribution in [1.29, 1.82) is 0 Å². The Morgan fingerprint density at radius 1 is 1.30 bits per heavy atom. The second-order valence-electron chi connectivity index (χ2n) is 4.04. The van der Waals surface area contributed by atoms with Gasteiger partial charge >= 0.3 is 0 Å². The highest BCUT2D eigenvalue weighted by Gasteiger charge is 2.08. The number of amides is 1. The molecule has 0 radical (unpaired) electrons. The molecule has 1 amide bonds. The number of benzene rings is 1. The SMILES string of the molecule is COCc1cccc(NC(=O)c2ccc(NN)nn2)c1. The summed E-state index contributed by atoms with van der Waals surface area (Å²) >= 11 is 0. The van der Waals surface area contributed by atoms with Gasteiger partial charge in [-0.1, -0.05) is 12.1 Å². The molecule has 0 aliphatic heterocycles. The summed E-state index contributed by atoms with van der Waals surface area (Å²) < 4.78 is 5.04. The summed E-state index contributed by atoms with van der Waals surface area (Å²) in [4.78, 5) is 12.0. The van der Waals surface area contributed by atoms with Crippen LogP contribution in [0.5, 0.6) is 0 Å². The average Bonchev–Trinajstić information content (AvgIpc) is 2.48. The molecule has 0 atom stereocenters. The molecule has 1 aromatic heterocycles. The Bertz CT molecular complexity index is 586. The van der Waals surface area contributed by atoms with Gasteiger partial charge in [0.1, 0.15) is 0 Å². The van der Waals surface area contributed by atoms with Gasteiger partial charge in [0.25, 0.3) is 5.91 Å². The molecule has 20 heavy (non-hydrogen) atoms. The van der Waals surface area contributed by atoms with Crippen LogP contribution in [0.3, 0.4) is 0 Å². The monoisotopic (exact) mass is 273 g/mol. The molecule has 4 N–H and O–H groups in total. The first-order chi connectivity index (χ1) is 9.72. The van der Waals surface area contributed by atoms with Crippen molar-refractivity contribution in [2.45, 2.75) is 6.61 Å². The number of ether oxygens (including phenoxy) is 1. The van der Waals surface area contributed by atoms with Crippen LogP contribution in [0.15, 0.2) is 36.4 Å². The van der Waals surface area contributed by atoms with Crippen LogP contribution < -0.4 is 16.6 Å². The number of anilines is 2. The minimum absolute atomic E-state index is 0.209. The zero-order valence-corrected chi connectivity index (χ0v) is 11.0. The zero-order chi connectivity index (χ0) is 14.4. The number of aromatic nitrogens is 2. The van der Waals surface area contributed by atoms with Crippen molar-refractivity contribution in [2.24, 2.45) is 5.84 Å². The van der Waals surface area contributed by atoms with Crippen molar-refractivity contribution in [3.63, 3.8) is 0 Å². The normalized spacial score (nSPS) is 10.1. The lowest BCUT2D eigenvalue weighted by Crippen LogP contribution is -2.16. The lowest BCUT2D eigenvalue weighted by atomic mass is 10.2. The highest BCUT2D eigenvalue weighted by molar-refractivity contribution is 6.02. The fourth-order valence-corrected chi connectivity index (χ4v) is 1.63. The third kappa shape index (κ3) is 3.50. The van der Waals surface area contributed by atoms with E-state index in [1.165, 1.54) is 6.07 Å². The number of carbonyl (C=O) groups is 1. The van der Waals surface area contributed by atoms with Crippen molar-refractivity contribution in [3.05, 3.63) is 47.7 Å². The average molecular weight is 273 g/mol. The van der Waals surface area contributed by atoms with E-state index in [1.54, 1.807) is 19.2 Å². The van der Waals surface area contributed by atoms with Gasteiger partial charge in [0.2, 0.25) is 0 Å². The molecule has 0 bridgehead atoms. The molecule has 104 valence electrons. The molecule has 7 nitrogen and oxygen atoms in total. The molecule has 0 unspecified atom stereocenters. The molecule has 0 spiro atoms. The summed E-state index contributed by atoms with van der Waals surface area (Å²) in [5.41, 5.74) is 4.20. The van der Waals surface area contributed by atoms with Gasteiger partial charge in [0.05, 0.1) is 6.61 Å². The van der Waals surface area contributed by atoms with E-state index in [9.17, 15) is 4.79 Å². The van der Waals surface area contributed by atoms with E-state index >= 15 is 0 Å². The molecule has 1 aromatic carbocycles. The predicted octanol–water partition coefficient (Wildman–Crippen LogP) is 1.16. The van der Waals surface area contributed by atoms with Gasteiger partial charge in [-0.25, -0.2) is 5.84 Å². The van der Waals surface area contributed by atoms with Gasteiger partial charge in [0, 0.05) is 12.8 Å². The topological polar surface area (TPSA) is 102 Å². The van der Waals surface area contributed by atoms with Gasteiger partial charge in [-0.05, 0) is 29.8 Å². The number of methoxy groups -OCH3 is 1. The number of hydrogen-bond donors (Lipinski definition) is 3. The van der Waals surface area contributed by atoms with E-state index < -0.39 is 0 Å². The summed E-state index contributed by atoms with van der Waals surface area (Å²) in [5.74, 6) is 5.23. The van der Waals surface area contributed by atoms with Crippen molar-refractivity contribution in [3.8, 4) is 0 Å². The van der Waals surface area contributed by atoms with Gasteiger partial charge in [-0.15, -0.1) is 10.2 Å². The molecule has 0 saturated carbocycles. The standard InChI is InChI=1S/C13H15N5O2/c1-20-8-9-3-2-4-10(7-9)15-13(19)11-5-6-12(16-14)18-17-11/h2-7H,8,14H2,1H3,(H,15,19)(H,16,18). The molecule has 0 fully saturated rings. The Morgan fingerprint density at radius 3 is 2.80 bits per heavy atom. The van der Waals surface area contributed by atoms with Crippen LogP contribution in [-0.4, -0.2) is 23.2 Å². The van der Waals surface area contributed by atoms with Gasteiger partial charge < -0.3 is 15.5 Å². The number of nitrogens with two attached hydrogens (primary N) is 1. The molecule has 0 aliphatic rings. The third-order valence-corrected chi connectivity index (χ3v) is 2.54. The number of carbonyl (C=O) groups excluding carboxylic acids is 1. The van der Waals surface area contributed by atoms with Gasteiger partial charge in [-0.3, -0.25) is 4.79 Å². The first-order valence-electron chi connectivity index (χ1n) is 5.92. The minimum atomic E-state index is -0.337. The molecule has 0 aliphatic carbocycles. The fraction of sp³-hybridized carbons (Fsp3) is 0.154. The lowest BCUT2D eigenvalue weighted by Gasteiger charge is -2.06. The Hall–Kier alpha value is -2.51. The molecular weight excluding hydrogens is 258 g/mol. The van der Waals surface area contributed by atoms with E-state index in [1.807, 2.05) is 18.2 Å². The maximum atomic E-state index is 12.0. The van der Waals surface area contributed by atoms with Crippen LogP contribution in [0.25, 0.3) is 0 Å². The van der Waals surface area contributed by atoms with E-state index in [0.717, 1.165) is 5.56 Å². The molecular formula is C13H15N5O2. The third-order valence-electron chi connectivity index (χ3n) is 2.54. The zero-order valence-electron chi connectivity index (χ0n) is 11.0. The number of nitrogens with one attached hydrogen (secondary N) is 2. The summed E-state index contributed by atoms with van der Waals surface area (Å²) in [7, 11) is 1.62. The first-order valence-corrected chi connectivity index (χ1v) is 5.92. The summed E-state index contributed by atoms with van der Waals surface area (Å²) in [5, 5.41) is 10.3. The number of hydrogen-bond acceptors (Lipinski definition) is 6. The largest absolute Gasteiger partial charge is 0.380 e. The van der Waals surface area contributed by atoms with Gasteiger partial charge in [0.15, 0.2) is 11.5 Å². The van der Waals surface area contributed by atoms with E-state index in [4.69, 9.17) is 10.6 Å². The van der Waals surface area contributed by atoms with E-state index in [0.29, 0.717) is 18.1 Å². The highest BCUT2D eigenvalue weighted by atomic mass is 16.5. The van der Waals surface area contributed by atoms with E-state index in [-0.39, 0.29) is 11.6 Å². The second kappa shape index (κ2) is 6.60. The van der Waals surface area contributed by atoms with Crippen molar-refractivity contribution in [2.75, 3.05) is 17.9 Å². The van der Waals surface area contributed by atoms with Crippen LogP contribution in [0.2, 0.25) is 0 Å². The fourth-order valence-electron chi connectivity index (χ4n) is 1.63. The van der Waals surface area contributed by atoms with Crippen molar-refractivity contribution < 1.29 is 9.53 Å². The summed E-state index contributed by atoms with van der Waals surface area (Å²) in [6, 6.07) is 10.5. The highest BCUT2D eigenvalue weighted by Crippen LogP contribution is 2.12. The van der Waals surface area contributed by atoms with Crippen LogP contribution in [0.1, 0.15) is 16.1 Å². The molecule has 0 saturated heterocycles. The maximum absolute atomic E-state index is 12.0. The Balaban J connectivity index is 2.08. The number of rotatable bonds is 5. The molecule has 2 rings (SSSR count). The van der Waals surface area contributed by atoms with Crippen LogP contribution in [0.4, 0.5) is 11.5 Å². The van der Waals surface area contributed by atoms with Gasteiger partial charge in [-0.2, -0.15) is 0 Å². The van der Waals surface area contributed by atoms with Crippen molar-refractivity contribution in [1.82, 2.24) is 10.2 Å². The smallest absolute Gasteiger partial charge is 0.276 e. The maximum Gasteiger partial charge on any atom is 0.276 e. The van der Waals surface area contributed by atoms with Crippen LogP contribution in [0, 0.1) is 0 Å². The lowest BCUT2D eigenvalue weighted by molar-refractivity contribution is 0.102. The summed E-state index contributed by atoms with van der Waals surface area (Å²) in [6.07, 6.45) is 0. The minimum Gasteiger partial charge on any atom is -0.380 e. The summed E-state index contributed by atoms with van der Waals surface area (Å²) in [6.45, 7) is 0.486. The first kappa shape index (κ1) is 13.9. The number of nitrogen functional groups attached to an aromatic ring is 1. The van der Waals surface area contributed by atoms with Crippen LogP contribution in [-0.2, 0) is 11.3 Å². The number of hydrazine groups is 1. The molecule has 1 heterocycles. The number of nitrogens with zero attached hydrogens (tertiary/aromatic N) is 2. The van der Waals surface area contributed by atoms with E-state index in [2.05, 4.69) is 20.9 Å². The van der Waals surface area contributed by atoms with Crippen molar-refractivity contribution >= 4 is 17.4 Å². The molecule has 2 aromatic rings. The predicted molar refractivity (Wildman–Crippen MR) is 75.0 cm³/mol. The van der Waals surface area contributed by atoms with Crippen LogP contribution >= 0.6 is 0 Å². The second-order valence-corrected chi connectivity index (χ2v) is 4.04. The molecule has 7 heteroatoms. The Kier molecular flexibility index (Phi) is 4.59.